The van der Waals surface area contributed by atoms with Crippen LogP contribution < -0.4 is 15.4 Å². The van der Waals surface area contributed by atoms with Gasteiger partial charge in [0.25, 0.3) is 11.8 Å². The summed E-state index contributed by atoms with van der Waals surface area (Å²) >= 11 is 0. The molecule has 1 aromatic heterocycles. The molecule has 6 nitrogen and oxygen atoms in total. The molecular weight excluding hydrogens is 366 g/mol. The maximum atomic E-state index is 12.5. The number of hydrogen-bond acceptors (Lipinski definition) is 4. The van der Waals surface area contributed by atoms with Crippen LogP contribution in [-0.4, -0.2) is 23.3 Å². The lowest BCUT2D eigenvalue weighted by Crippen LogP contribution is -2.25. The van der Waals surface area contributed by atoms with E-state index in [2.05, 4.69) is 15.6 Å². The average Bonchev–Trinajstić information content (AvgIpc) is 2.77. The molecule has 1 heterocycles. The first-order valence-corrected chi connectivity index (χ1v) is 9.48. The van der Waals surface area contributed by atoms with E-state index in [0.29, 0.717) is 30.2 Å². The summed E-state index contributed by atoms with van der Waals surface area (Å²) in [5.74, 6) is 0.113. The number of anilines is 1. The van der Waals surface area contributed by atoms with E-state index < -0.39 is 0 Å². The van der Waals surface area contributed by atoms with Gasteiger partial charge in [-0.25, -0.2) is 0 Å². The first kappa shape index (κ1) is 20.1. The second kappa shape index (κ2) is 10.0. The van der Waals surface area contributed by atoms with E-state index in [1.54, 1.807) is 30.3 Å². The van der Waals surface area contributed by atoms with Gasteiger partial charge in [0, 0.05) is 24.0 Å². The number of ether oxygens (including phenoxy) is 1. The van der Waals surface area contributed by atoms with Gasteiger partial charge in [-0.15, -0.1) is 0 Å². The first-order chi connectivity index (χ1) is 14.2. The molecule has 29 heavy (non-hydrogen) atoms. The Labute approximate surface area is 169 Å². The van der Waals surface area contributed by atoms with E-state index in [-0.39, 0.29) is 17.5 Å². The Bertz CT molecular complexity index is 957. The van der Waals surface area contributed by atoms with Crippen LogP contribution in [0.5, 0.6) is 5.75 Å². The zero-order chi connectivity index (χ0) is 20.5. The second-order valence-corrected chi connectivity index (χ2v) is 6.44. The largest absolute Gasteiger partial charge is 0.489 e. The molecule has 2 aromatic carbocycles. The monoisotopic (exact) mass is 389 g/mol. The number of aromatic nitrogens is 1. The number of amides is 2. The lowest BCUT2D eigenvalue weighted by atomic mass is 10.2. The summed E-state index contributed by atoms with van der Waals surface area (Å²) < 4.78 is 5.75. The Morgan fingerprint density at radius 3 is 2.45 bits per heavy atom. The van der Waals surface area contributed by atoms with Gasteiger partial charge < -0.3 is 15.4 Å². The molecule has 6 heteroatoms. The van der Waals surface area contributed by atoms with Crippen LogP contribution in [0.2, 0.25) is 0 Å². The van der Waals surface area contributed by atoms with Gasteiger partial charge in [0.15, 0.2) is 0 Å². The zero-order valence-corrected chi connectivity index (χ0v) is 16.2. The summed E-state index contributed by atoms with van der Waals surface area (Å²) in [6, 6.07) is 20.1. The fourth-order valence-electron chi connectivity index (χ4n) is 2.60. The molecule has 3 rings (SSSR count). The fourth-order valence-corrected chi connectivity index (χ4v) is 2.60. The number of pyridine rings is 1. The number of carbonyl (C=O) groups is 2. The molecule has 0 atom stereocenters. The van der Waals surface area contributed by atoms with Crippen LogP contribution in [0.1, 0.15) is 39.8 Å². The maximum Gasteiger partial charge on any atom is 0.269 e. The van der Waals surface area contributed by atoms with Crippen molar-refractivity contribution in [1.82, 2.24) is 10.3 Å². The standard InChI is InChI=1S/C23H23N3O3/c1-2-13-25-23(28)21-15-18(12-14-24-21)22(27)26-19-8-10-20(11-9-19)29-16-17-6-4-3-5-7-17/h3-12,14-15H,2,13,16H2,1H3,(H,25,28)(H,26,27). The topological polar surface area (TPSA) is 80.3 Å². The number of benzene rings is 2. The number of carbonyl (C=O) groups excluding carboxylic acids is 2. The van der Waals surface area contributed by atoms with E-state index >= 15 is 0 Å². The van der Waals surface area contributed by atoms with E-state index in [4.69, 9.17) is 4.74 Å². The van der Waals surface area contributed by atoms with Gasteiger partial charge in [-0.2, -0.15) is 0 Å². The number of rotatable bonds is 8. The minimum absolute atomic E-state index is 0.218. The molecule has 148 valence electrons. The van der Waals surface area contributed by atoms with Crippen LogP contribution in [0.15, 0.2) is 72.9 Å². The van der Waals surface area contributed by atoms with Crippen molar-refractivity contribution < 1.29 is 14.3 Å². The average molecular weight is 389 g/mol. The van der Waals surface area contributed by atoms with Gasteiger partial charge in [-0.3, -0.25) is 14.6 Å². The molecule has 2 N–H and O–H groups in total. The number of hydrogen-bond donors (Lipinski definition) is 2. The Morgan fingerprint density at radius 1 is 0.966 bits per heavy atom. The van der Waals surface area contributed by atoms with Crippen molar-refractivity contribution in [3.8, 4) is 5.75 Å². The van der Waals surface area contributed by atoms with E-state index in [9.17, 15) is 9.59 Å². The Hall–Kier alpha value is -3.67. The molecule has 0 bridgehead atoms. The highest BCUT2D eigenvalue weighted by atomic mass is 16.5. The third-order valence-electron chi connectivity index (χ3n) is 4.15. The summed E-state index contributed by atoms with van der Waals surface area (Å²) in [6.07, 6.45) is 2.28. The molecule has 3 aromatic rings. The smallest absolute Gasteiger partial charge is 0.269 e. The van der Waals surface area contributed by atoms with Gasteiger partial charge in [0.1, 0.15) is 18.1 Å². The van der Waals surface area contributed by atoms with Crippen molar-refractivity contribution in [2.75, 3.05) is 11.9 Å². The SMILES string of the molecule is CCCNC(=O)c1cc(C(=O)Nc2ccc(OCc3ccccc3)cc2)ccn1. The molecule has 0 fully saturated rings. The normalized spacial score (nSPS) is 10.2. The molecule has 0 aliphatic rings. The lowest BCUT2D eigenvalue weighted by Gasteiger charge is -2.09. The lowest BCUT2D eigenvalue weighted by molar-refractivity contribution is 0.0948. The van der Waals surface area contributed by atoms with Gasteiger partial charge in [-0.05, 0) is 48.4 Å². The Kier molecular flexibility index (Phi) is 6.95. The van der Waals surface area contributed by atoms with Crippen molar-refractivity contribution in [3.05, 3.63) is 89.7 Å². The maximum absolute atomic E-state index is 12.5. The fraction of sp³-hybridized carbons (Fsp3) is 0.174. The Morgan fingerprint density at radius 2 is 1.72 bits per heavy atom. The van der Waals surface area contributed by atoms with Gasteiger partial charge in [-0.1, -0.05) is 37.3 Å². The van der Waals surface area contributed by atoms with Crippen LogP contribution in [0.3, 0.4) is 0 Å². The van der Waals surface area contributed by atoms with Crippen molar-refractivity contribution >= 4 is 17.5 Å². The zero-order valence-electron chi connectivity index (χ0n) is 16.2. The molecule has 0 radical (unpaired) electrons. The Balaban J connectivity index is 1.58. The predicted octanol–water partition coefficient (Wildman–Crippen LogP) is 4.05. The van der Waals surface area contributed by atoms with Crippen LogP contribution in [0.4, 0.5) is 5.69 Å². The van der Waals surface area contributed by atoms with E-state index in [1.807, 2.05) is 37.3 Å². The minimum Gasteiger partial charge on any atom is -0.489 e. The minimum atomic E-state index is -0.310. The van der Waals surface area contributed by atoms with Crippen molar-refractivity contribution in [3.63, 3.8) is 0 Å². The predicted molar refractivity (Wildman–Crippen MR) is 112 cm³/mol. The molecule has 0 unspecified atom stereocenters. The first-order valence-electron chi connectivity index (χ1n) is 9.48. The van der Waals surface area contributed by atoms with Crippen molar-refractivity contribution in [2.45, 2.75) is 20.0 Å². The molecule has 0 saturated heterocycles. The van der Waals surface area contributed by atoms with Crippen LogP contribution in [0.25, 0.3) is 0 Å². The molecule has 2 amide bonds. The molecule has 0 saturated carbocycles. The van der Waals surface area contributed by atoms with Gasteiger partial charge in [0.2, 0.25) is 0 Å². The molecule has 0 aliphatic carbocycles. The third kappa shape index (κ3) is 5.90. The number of nitrogens with one attached hydrogen (secondary N) is 2. The molecular formula is C23H23N3O3. The molecule has 0 aliphatic heterocycles. The highest BCUT2D eigenvalue weighted by molar-refractivity contribution is 6.05. The van der Waals surface area contributed by atoms with Gasteiger partial charge in [0.05, 0.1) is 0 Å². The van der Waals surface area contributed by atoms with Crippen molar-refractivity contribution in [2.24, 2.45) is 0 Å². The quantitative estimate of drug-likeness (QED) is 0.609. The van der Waals surface area contributed by atoms with Crippen molar-refractivity contribution in [1.29, 1.82) is 0 Å². The summed E-state index contributed by atoms with van der Waals surface area (Å²) in [5, 5.41) is 5.56. The van der Waals surface area contributed by atoms with Crippen LogP contribution in [-0.2, 0) is 6.61 Å². The summed E-state index contributed by atoms with van der Waals surface area (Å²) in [5.41, 5.74) is 2.30. The van der Waals surface area contributed by atoms with Crippen LogP contribution >= 0.6 is 0 Å². The summed E-state index contributed by atoms with van der Waals surface area (Å²) in [7, 11) is 0. The van der Waals surface area contributed by atoms with Gasteiger partial charge >= 0.3 is 0 Å². The highest BCUT2D eigenvalue weighted by Gasteiger charge is 2.12. The third-order valence-corrected chi connectivity index (χ3v) is 4.15. The molecule has 0 spiro atoms. The number of nitrogens with zero attached hydrogens (tertiary/aromatic N) is 1. The van der Waals surface area contributed by atoms with E-state index in [0.717, 1.165) is 12.0 Å². The summed E-state index contributed by atoms with van der Waals surface area (Å²) in [6.45, 7) is 3.01. The van der Waals surface area contributed by atoms with E-state index in [1.165, 1.54) is 12.3 Å². The summed E-state index contributed by atoms with van der Waals surface area (Å²) in [4.78, 5) is 28.5. The second-order valence-electron chi connectivity index (χ2n) is 6.44. The highest BCUT2D eigenvalue weighted by Crippen LogP contribution is 2.18. The van der Waals surface area contributed by atoms with Crippen LogP contribution in [0, 0.1) is 0 Å².